The molecule has 1 aliphatic heterocycles. The van der Waals surface area contributed by atoms with Gasteiger partial charge in [0.25, 0.3) is 11.7 Å². The summed E-state index contributed by atoms with van der Waals surface area (Å²) in [4.78, 5) is 24.0. The van der Waals surface area contributed by atoms with Gasteiger partial charge in [-0.05, 0) is 17.7 Å². The normalized spacial score (nSPS) is 19.4. The Labute approximate surface area is 133 Å². The number of carbonyl (C=O) groups is 2. The smallest absolute Gasteiger partial charge is 0.293 e. The molecular formula is C18H15NO4. The second-order valence-corrected chi connectivity index (χ2v) is 5.14. The molecule has 2 aromatic carbocycles. The molecule has 1 amide bonds. The van der Waals surface area contributed by atoms with Crippen LogP contribution in [0.4, 0.5) is 0 Å². The van der Waals surface area contributed by atoms with Crippen LogP contribution in [-0.2, 0) is 9.59 Å². The first-order valence-electron chi connectivity index (χ1n) is 7.09. The van der Waals surface area contributed by atoms with Gasteiger partial charge < -0.3 is 15.2 Å². The first-order chi connectivity index (χ1) is 11.1. The third kappa shape index (κ3) is 2.68. The Morgan fingerprint density at radius 2 is 1.70 bits per heavy atom. The minimum atomic E-state index is -0.719. The number of ether oxygens (including phenoxy) is 1. The summed E-state index contributed by atoms with van der Waals surface area (Å²) in [6.45, 7) is 0. The van der Waals surface area contributed by atoms with Crippen molar-refractivity contribution in [1.82, 2.24) is 5.32 Å². The Balaban J connectivity index is 2.08. The molecule has 0 saturated carbocycles. The van der Waals surface area contributed by atoms with Crippen LogP contribution in [0, 0.1) is 0 Å². The van der Waals surface area contributed by atoms with Crippen LogP contribution in [0.2, 0.25) is 0 Å². The highest BCUT2D eigenvalue weighted by molar-refractivity contribution is 6.46. The average molecular weight is 309 g/mol. The lowest BCUT2D eigenvalue weighted by atomic mass is 9.96. The molecule has 3 rings (SSSR count). The Kier molecular flexibility index (Phi) is 3.85. The highest BCUT2D eigenvalue weighted by Gasteiger charge is 2.39. The van der Waals surface area contributed by atoms with Crippen LogP contribution in [0.15, 0.2) is 60.2 Å². The van der Waals surface area contributed by atoms with Crippen molar-refractivity contribution in [2.24, 2.45) is 0 Å². The molecule has 2 aromatic rings. The predicted molar refractivity (Wildman–Crippen MR) is 84.9 cm³/mol. The van der Waals surface area contributed by atoms with E-state index in [4.69, 9.17) is 4.74 Å². The summed E-state index contributed by atoms with van der Waals surface area (Å²) in [6, 6.07) is 15.0. The number of aliphatic hydroxyl groups is 1. The van der Waals surface area contributed by atoms with Gasteiger partial charge in [-0.2, -0.15) is 0 Å². The van der Waals surface area contributed by atoms with Crippen LogP contribution in [0.25, 0.3) is 5.76 Å². The molecule has 5 heteroatoms. The van der Waals surface area contributed by atoms with Gasteiger partial charge in [0, 0.05) is 5.56 Å². The maximum Gasteiger partial charge on any atom is 0.293 e. The molecule has 0 aromatic heterocycles. The maximum absolute atomic E-state index is 12.2. The summed E-state index contributed by atoms with van der Waals surface area (Å²) in [5.74, 6) is -0.951. The van der Waals surface area contributed by atoms with Gasteiger partial charge in [0.1, 0.15) is 11.5 Å². The van der Waals surface area contributed by atoms with Crippen molar-refractivity contribution in [2.75, 3.05) is 7.11 Å². The zero-order valence-corrected chi connectivity index (χ0v) is 12.4. The van der Waals surface area contributed by atoms with Crippen LogP contribution in [0.1, 0.15) is 17.2 Å². The Hall–Kier alpha value is -3.08. The van der Waals surface area contributed by atoms with Crippen LogP contribution in [0.3, 0.4) is 0 Å². The zero-order chi connectivity index (χ0) is 16.4. The SMILES string of the molecule is COc1ccc(C2NC(=O)C(=O)C2=C(O)c2ccccc2)cc1. The van der Waals surface area contributed by atoms with Crippen molar-refractivity contribution < 1.29 is 19.4 Å². The number of methoxy groups -OCH3 is 1. The van der Waals surface area contributed by atoms with E-state index in [0.29, 0.717) is 16.9 Å². The fourth-order valence-corrected chi connectivity index (χ4v) is 2.56. The molecule has 1 saturated heterocycles. The highest BCUT2D eigenvalue weighted by atomic mass is 16.5. The fourth-order valence-electron chi connectivity index (χ4n) is 2.56. The summed E-state index contributed by atoms with van der Waals surface area (Å²) >= 11 is 0. The summed E-state index contributed by atoms with van der Waals surface area (Å²) in [6.07, 6.45) is 0. The van der Waals surface area contributed by atoms with E-state index in [-0.39, 0.29) is 11.3 Å². The molecule has 1 unspecified atom stereocenters. The second kappa shape index (κ2) is 5.96. The van der Waals surface area contributed by atoms with Gasteiger partial charge in [0.2, 0.25) is 0 Å². The van der Waals surface area contributed by atoms with E-state index in [2.05, 4.69) is 5.32 Å². The molecule has 0 aliphatic carbocycles. The number of benzene rings is 2. The molecule has 2 N–H and O–H groups in total. The number of rotatable bonds is 3. The molecule has 5 nitrogen and oxygen atoms in total. The Morgan fingerprint density at radius 1 is 1.04 bits per heavy atom. The Bertz CT molecular complexity index is 778. The lowest BCUT2D eigenvalue weighted by Crippen LogP contribution is -2.21. The maximum atomic E-state index is 12.2. The third-order valence-corrected chi connectivity index (χ3v) is 3.77. The van der Waals surface area contributed by atoms with Gasteiger partial charge in [-0.25, -0.2) is 0 Å². The summed E-state index contributed by atoms with van der Waals surface area (Å²) < 4.78 is 5.10. The van der Waals surface area contributed by atoms with Crippen LogP contribution >= 0.6 is 0 Å². The number of hydrogen-bond acceptors (Lipinski definition) is 4. The summed E-state index contributed by atoms with van der Waals surface area (Å²) in [5.41, 5.74) is 1.25. The van der Waals surface area contributed by atoms with Gasteiger partial charge in [-0.15, -0.1) is 0 Å². The lowest BCUT2D eigenvalue weighted by Gasteiger charge is -2.14. The predicted octanol–water partition coefficient (Wildman–Crippen LogP) is 2.40. The van der Waals surface area contributed by atoms with E-state index in [1.165, 1.54) is 0 Å². The molecule has 0 bridgehead atoms. The van der Waals surface area contributed by atoms with Crippen molar-refractivity contribution in [2.45, 2.75) is 6.04 Å². The van der Waals surface area contributed by atoms with E-state index < -0.39 is 17.7 Å². The number of carbonyl (C=O) groups excluding carboxylic acids is 2. The molecule has 1 fully saturated rings. The molecule has 23 heavy (non-hydrogen) atoms. The second-order valence-electron chi connectivity index (χ2n) is 5.14. The molecule has 1 atom stereocenters. The van der Waals surface area contributed by atoms with Crippen LogP contribution < -0.4 is 10.1 Å². The minimum Gasteiger partial charge on any atom is -0.507 e. The number of Topliss-reactive ketones (excluding diaryl/α,β-unsaturated/α-hetero) is 1. The van der Waals surface area contributed by atoms with E-state index in [0.717, 1.165) is 0 Å². The molecule has 1 aliphatic rings. The van der Waals surface area contributed by atoms with Gasteiger partial charge in [-0.3, -0.25) is 9.59 Å². The van der Waals surface area contributed by atoms with E-state index in [9.17, 15) is 14.7 Å². The third-order valence-electron chi connectivity index (χ3n) is 3.77. The van der Waals surface area contributed by atoms with Crippen LogP contribution in [-0.4, -0.2) is 23.9 Å². The minimum absolute atomic E-state index is 0.0615. The first-order valence-corrected chi connectivity index (χ1v) is 7.09. The topological polar surface area (TPSA) is 75.6 Å². The Morgan fingerprint density at radius 3 is 2.30 bits per heavy atom. The number of aliphatic hydroxyl groups excluding tert-OH is 1. The van der Waals surface area contributed by atoms with Crippen molar-refractivity contribution in [3.63, 3.8) is 0 Å². The highest BCUT2D eigenvalue weighted by Crippen LogP contribution is 2.33. The first kappa shape index (κ1) is 14.8. The quantitative estimate of drug-likeness (QED) is 0.518. The van der Waals surface area contributed by atoms with Crippen molar-refractivity contribution >= 4 is 17.4 Å². The summed E-state index contributed by atoms with van der Waals surface area (Å²) in [7, 11) is 1.56. The van der Waals surface area contributed by atoms with E-state index >= 15 is 0 Å². The molecule has 0 spiro atoms. The number of ketones is 1. The standard InChI is InChI=1S/C18H15NO4/c1-23-13-9-7-11(8-10-13)15-14(17(21)18(22)19-15)16(20)12-5-3-2-4-6-12/h2-10,15,20H,1H3,(H,19,22). The number of hydrogen-bond donors (Lipinski definition) is 2. The average Bonchev–Trinajstić information content (AvgIpc) is 2.90. The number of amides is 1. The van der Waals surface area contributed by atoms with E-state index in [1.54, 1.807) is 55.6 Å². The number of nitrogens with one attached hydrogen (secondary N) is 1. The van der Waals surface area contributed by atoms with Crippen LogP contribution in [0.5, 0.6) is 5.75 Å². The zero-order valence-electron chi connectivity index (χ0n) is 12.4. The van der Waals surface area contributed by atoms with Gasteiger partial charge in [0.15, 0.2) is 0 Å². The molecule has 116 valence electrons. The summed E-state index contributed by atoms with van der Waals surface area (Å²) in [5, 5.41) is 13.1. The molecule has 0 radical (unpaired) electrons. The van der Waals surface area contributed by atoms with Gasteiger partial charge in [0.05, 0.1) is 18.7 Å². The van der Waals surface area contributed by atoms with E-state index in [1.807, 2.05) is 6.07 Å². The van der Waals surface area contributed by atoms with Crippen molar-refractivity contribution in [3.8, 4) is 5.75 Å². The molecule has 1 heterocycles. The molecular weight excluding hydrogens is 294 g/mol. The fraction of sp³-hybridized carbons (Fsp3) is 0.111. The van der Waals surface area contributed by atoms with Gasteiger partial charge in [-0.1, -0.05) is 42.5 Å². The largest absolute Gasteiger partial charge is 0.507 e. The monoisotopic (exact) mass is 309 g/mol. The lowest BCUT2D eigenvalue weighted by molar-refractivity contribution is -0.133. The van der Waals surface area contributed by atoms with Crippen molar-refractivity contribution in [1.29, 1.82) is 0 Å². The van der Waals surface area contributed by atoms with Gasteiger partial charge >= 0.3 is 0 Å². The van der Waals surface area contributed by atoms with Crippen molar-refractivity contribution in [3.05, 3.63) is 71.3 Å².